The average Bonchev–Trinajstić information content (AvgIpc) is 3.08. The van der Waals surface area contributed by atoms with E-state index in [1.165, 1.54) is 6.07 Å². The van der Waals surface area contributed by atoms with Crippen molar-refractivity contribution in [3.63, 3.8) is 0 Å². The summed E-state index contributed by atoms with van der Waals surface area (Å²) in [6.45, 7) is 1.49. The lowest BCUT2D eigenvalue weighted by molar-refractivity contribution is -0.148. The minimum absolute atomic E-state index is 0.111. The first kappa shape index (κ1) is 13.5. The fourth-order valence-electron chi connectivity index (χ4n) is 1.67. The summed E-state index contributed by atoms with van der Waals surface area (Å²) in [6.07, 6.45) is 0.781. The van der Waals surface area contributed by atoms with E-state index in [0.29, 0.717) is 5.92 Å². The van der Waals surface area contributed by atoms with Crippen LogP contribution in [0, 0.1) is 23.5 Å². The molecule has 102 valence electrons. The number of amides is 1. The highest BCUT2D eigenvalue weighted by molar-refractivity contribution is 5.93. The summed E-state index contributed by atoms with van der Waals surface area (Å²) in [6, 6.07) is 2.99. The van der Waals surface area contributed by atoms with Crippen molar-refractivity contribution in [2.75, 3.05) is 11.9 Å². The van der Waals surface area contributed by atoms with Gasteiger partial charge in [0.2, 0.25) is 0 Å². The maximum Gasteiger partial charge on any atom is 0.309 e. The van der Waals surface area contributed by atoms with Gasteiger partial charge in [-0.05, 0) is 24.5 Å². The number of hydrogen-bond donors (Lipinski definition) is 1. The molecule has 0 aliphatic heterocycles. The molecule has 19 heavy (non-hydrogen) atoms. The number of rotatable bonds is 4. The summed E-state index contributed by atoms with van der Waals surface area (Å²) in [5.41, 5.74) is 0.111. The maximum absolute atomic E-state index is 12.9. The van der Waals surface area contributed by atoms with Crippen LogP contribution in [0.5, 0.6) is 0 Å². The van der Waals surface area contributed by atoms with E-state index >= 15 is 0 Å². The van der Waals surface area contributed by atoms with Gasteiger partial charge in [0.25, 0.3) is 5.91 Å². The maximum atomic E-state index is 12.9. The van der Waals surface area contributed by atoms with Crippen molar-refractivity contribution < 1.29 is 23.1 Å². The van der Waals surface area contributed by atoms with Gasteiger partial charge in [-0.2, -0.15) is 0 Å². The molecular weight excluding hydrogens is 256 g/mol. The molecule has 1 aromatic rings. The van der Waals surface area contributed by atoms with E-state index in [4.69, 9.17) is 4.74 Å². The number of hydrogen-bond acceptors (Lipinski definition) is 3. The second kappa shape index (κ2) is 5.34. The Bertz CT molecular complexity index is 519. The minimum Gasteiger partial charge on any atom is -0.455 e. The number of esters is 1. The van der Waals surface area contributed by atoms with Crippen molar-refractivity contribution in [2.24, 2.45) is 11.8 Å². The third-order valence-corrected chi connectivity index (χ3v) is 2.96. The third-order valence-electron chi connectivity index (χ3n) is 2.96. The zero-order chi connectivity index (χ0) is 14.0. The Morgan fingerprint density at radius 1 is 1.37 bits per heavy atom. The van der Waals surface area contributed by atoms with Crippen LogP contribution < -0.4 is 5.32 Å². The number of anilines is 1. The van der Waals surface area contributed by atoms with E-state index in [-0.39, 0.29) is 11.6 Å². The molecule has 1 fully saturated rings. The fraction of sp³-hybridized carbons (Fsp3) is 0.385. The zero-order valence-corrected chi connectivity index (χ0v) is 10.3. The summed E-state index contributed by atoms with van der Waals surface area (Å²) < 4.78 is 30.4. The van der Waals surface area contributed by atoms with Crippen LogP contribution in [-0.2, 0) is 14.3 Å². The molecule has 1 saturated carbocycles. The van der Waals surface area contributed by atoms with Crippen LogP contribution in [0.2, 0.25) is 0 Å². The molecule has 1 N–H and O–H groups in total. The van der Waals surface area contributed by atoms with Gasteiger partial charge in [0, 0.05) is 11.8 Å². The molecule has 0 spiro atoms. The van der Waals surface area contributed by atoms with Crippen molar-refractivity contribution in [2.45, 2.75) is 13.3 Å². The highest BCUT2D eigenvalue weighted by atomic mass is 19.2. The molecule has 0 bridgehead atoms. The number of ether oxygens (including phenoxy) is 1. The van der Waals surface area contributed by atoms with E-state index < -0.39 is 30.1 Å². The van der Waals surface area contributed by atoms with Crippen LogP contribution in [0.3, 0.4) is 0 Å². The van der Waals surface area contributed by atoms with E-state index in [0.717, 1.165) is 18.6 Å². The van der Waals surface area contributed by atoms with Gasteiger partial charge < -0.3 is 10.1 Å². The van der Waals surface area contributed by atoms with Gasteiger partial charge in [0.05, 0.1) is 5.92 Å². The molecule has 0 heterocycles. The summed E-state index contributed by atoms with van der Waals surface area (Å²) in [5.74, 6) is -2.84. The van der Waals surface area contributed by atoms with E-state index in [1.54, 1.807) is 0 Å². The lowest BCUT2D eigenvalue weighted by Crippen LogP contribution is -2.21. The zero-order valence-electron chi connectivity index (χ0n) is 10.3. The quantitative estimate of drug-likeness (QED) is 0.852. The number of carbonyl (C=O) groups is 2. The van der Waals surface area contributed by atoms with Gasteiger partial charge in [-0.3, -0.25) is 9.59 Å². The SMILES string of the molecule is C[C@H]1C[C@H]1C(=O)OCC(=O)Nc1ccc(F)c(F)c1. The van der Waals surface area contributed by atoms with Gasteiger partial charge in [-0.25, -0.2) is 8.78 Å². The minimum atomic E-state index is -1.05. The van der Waals surface area contributed by atoms with Gasteiger partial charge in [-0.15, -0.1) is 0 Å². The topological polar surface area (TPSA) is 55.4 Å². The molecule has 4 nitrogen and oxygen atoms in total. The molecule has 2 rings (SSSR count). The van der Waals surface area contributed by atoms with Gasteiger partial charge in [0.15, 0.2) is 18.2 Å². The van der Waals surface area contributed by atoms with Gasteiger partial charge in [0.1, 0.15) is 0 Å². The van der Waals surface area contributed by atoms with E-state index in [9.17, 15) is 18.4 Å². The number of nitrogens with one attached hydrogen (secondary N) is 1. The molecule has 2 atom stereocenters. The Morgan fingerprint density at radius 2 is 2.05 bits per heavy atom. The second-order valence-electron chi connectivity index (χ2n) is 4.60. The Balaban J connectivity index is 1.80. The molecule has 6 heteroatoms. The van der Waals surface area contributed by atoms with Crippen LogP contribution in [-0.4, -0.2) is 18.5 Å². The first-order valence-electron chi connectivity index (χ1n) is 5.89. The van der Waals surface area contributed by atoms with Crippen LogP contribution in [0.4, 0.5) is 14.5 Å². The fourth-order valence-corrected chi connectivity index (χ4v) is 1.67. The van der Waals surface area contributed by atoms with Crippen molar-refractivity contribution in [1.82, 2.24) is 0 Å². The van der Waals surface area contributed by atoms with Crippen molar-refractivity contribution in [3.8, 4) is 0 Å². The molecule has 0 unspecified atom stereocenters. The first-order chi connectivity index (χ1) is 8.97. The molecule has 0 saturated heterocycles. The summed E-state index contributed by atoms with van der Waals surface area (Å²) in [7, 11) is 0. The molecule has 1 aliphatic carbocycles. The normalized spacial score (nSPS) is 20.8. The number of benzene rings is 1. The highest BCUT2D eigenvalue weighted by Crippen LogP contribution is 2.38. The van der Waals surface area contributed by atoms with Crippen LogP contribution >= 0.6 is 0 Å². The first-order valence-corrected chi connectivity index (χ1v) is 5.89. The molecule has 0 radical (unpaired) electrons. The Morgan fingerprint density at radius 3 is 2.63 bits per heavy atom. The monoisotopic (exact) mass is 269 g/mol. The predicted molar refractivity (Wildman–Crippen MR) is 63.2 cm³/mol. The summed E-state index contributed by atoms with van der Waals surface area (Å²) in [5, 5.41) is 2.31. The van der Waals surface area contributed by atoms with Crippen molar-refractivity contribution in [1.29, 1.82) is 0 Å². The Hall–Kier alpha value is -1.98. The molecule has 1 aromatic carbocycles. The number of halogens is 2. The van der Waals surface area contributed by atoms with Crippen LogP contribution in [0.15, 0.2) is 18.2 Å². The van der Waals surface area contributed by atoms with Gasteiger partial charge in [-0.1, -0.05) is 6.92 Å². The smallest absolute Gasteiger partial charge is 0.309 e. The lowest BCUT2D eigenvalue weighted by atomic mass is 10.3. The average molecular weight is 269 g/mol. The van der Waals surface area contributed by atoms with Crippen molar-refractivity contribution >= 4 is 17.6 Å². The lowest BCUT2D eigenvalue weighted by Gasteiger charge is -2.06. The summed E-state index contributed by atoms with van der Waals surface area (Å²) in [4.78, 5) is 22.8. The largest absolute Gasteiger partial charge is 0.455 e. The van der Waals surface area contributed by atoms with Gasteiger partial charge >= 0.3 is 5.97 Å². The molecule has 1 amide bonds. The van der Waals surface area contributed by atoms with E-state index in [2.05, 4.69) is 5.32 Å². The summed E-state index contributed by atoms with van der Waals surface area (Å²) >= 11 is 0. The Labute approximate surface area is 108 Å². The van der Waals surface area contributed by atoms with Crippen LogP contribution in [0.25, 0.3) is 0 Å². The van der Waals surface area contributed by atoms with E-state index in [1.807, 2.05) is 6.92 Å². The second-order valence-corrected chi connectivity index (χ2v) is 4.60. The standard InChI is InChI=1S/C13H13F2NO3/c1-7-4-9(7)13(18)19-6-12(17)16-8-2-3-10(14)11(15)5-8/h2-3,5,7,9H,4,6H2,1H3,(H,16,17)/t7-,9+/m0/s1. The molecule has 0 aromatic heterocycles. The Kier molecular flexibility index (Phi) is 3.78. The van der Waals surface area contributed by atoms with Crippen molar-refractivity contribution in [3.05, 3.63) is 29.8 Å². The predicted octanol–water partition coefficient (Wildman–Crippen LogP) is 2.10. The number of carbonyl (C=O) groups excluding carboxylic acids is 2. The van der Waals surface area contributed by atoms with Crippen LogP contribution in [0.1, 0.15) is 13.3 Å². The molecular formula is C13H13F2NO3. The third kappa shape index (κ3) is 3.49. The highest BCUT2D eigenvalue weighted by Gasteiger charge is 2.40. The molecule has 1 aliphatic rings.